The van der Waals surface area contributed by atoms with Crippen molar-refractivity contribution in [2.45, 2.75) is 52.3 Å². The average Bonchev–Trinajstić information content (AvgIpc) is 3.16. The molecule has 1 aliphatic rings. The third-order valence-electron chi connectivity index (χ3n) is 7.02. The Morgan fingerprint density at radius 3 is 2.27 bits per heavy atom. The Morgan fingerprint density at radius 2 is 1.59 bits per heavy atom. The molecule has 9 heteroatoms. The SMILES string of the molecule is CCc1cccc(CNC[C@@H](O)[C@H](Cc2cc(F)cc(F)c2)NC(=O)c2ccc3c(c2)C(=O)N(CC(C)C)C3=O)c1. The molecule has 2 atom stereocenters. The van der Waals surface area contributed by atoms with Gasteiger partial charge in [0.2, 0.25) is 0 Å². The molecule has 0 spiro atoms. The first-order valence-electron chi connectivity index (χ1n) is 13.8. The number of rotatable bonds is 12. The molecule has 0 fully saturated rings. The number of hydrogen-bond donors (Lipinski definition) is 3. The average molecular weight is 564 g/mol. The number of carbonyl (C=O) groups excluding carboxylic acids is 3. The zero-order valence-corrected chi connectivity index (χ0v) is 23.4. The van der Waals surface area contributed by atoms with Gasteiger partial charge in [-0.25, -0.2) is 8.78 Å². The molecule has 1 heterocycles. The number of aliphatic hydroxyl groups excluding tert-OH is 1. The van der Waals surface area contributed by atoms with Crippen LogP contribution in [0.2, 0.25) is 0 Å². The summed E-state index contributed by atoms with van der Waals surface area (Å²) in [5, 5.41) is 17.0. The molecule has 1 aliphatic heterocycles. The third kappa shape index (κ3) is 7.42. The minimum absolute atomic E-state index is 0.0425. The van der Waals surface area contributed by atoms with E-state index in [4.69, 9.17) is 0 Å². The van der Waals surface area contributed by atoms with Gasteiger partial charge in [0, 0.05) is 31.3 Å². The fourth-order valence-electron chi connectivity index (χ4n) is 4.95. The summed E-state index contributed by atoms with van der Waals surface area (Å²) in [6, 6.07) is 14.4. The highest BCUT2D eigenvalue weighted by molar-refractivity contribution is 6.22. The highest BCUT2D eigenvalue weighted by Crippen LogP contribution is 2.25. The number of carbonyl (C=O) groups is 3. The number of amides is 3. The molecule has 3 N–H and O–H groups in total. The van der Waals surface area contributed by atoms with Gasteiger partial charge < -0.3 is 15.7 Å². The van der Waals surface area contributed by atoms with Gasteiger partial charge in [-0.1, -0.05) is 45.0 Å². The van der Waals surface area contributed by atoms with Crippen LogP contribution in [-0.4, -0.2) is 53.0 Å². The van der Waals surface area contributed by atoms with Crippen LogP contribution >= 0.6 is 0 Å². The first kappa shape index (κ1) is 30.0. The Labute approximate surface area is 238 Å². The first-order valence-corrected chi connectivity index (χ1v) is 13.8. The van der Waals surface area contributed by atoms with Crippen molar-refractivity contribution >= 4 is 17.7 Å². The molecule has 0 aliphatic carbocycles. The molecule has 0 bridgehead atoms. The zero-order valence-electron chi connectivity index (χ0n) is 23.4. The van der Waals surface area contributed by atoms with E-state index < -0.39 is 41.5 Å². The van der Waals surface area contributed by atoms with Crippen molar-refractivity contribution in [1.29, 1.82) is 0 Å². The highest BCUT2D eigenvalue weighted by atomic mass is 19.1. The maximum Gasteiger partial charge on any atom is 0.261 e. The van der Waals surface area contributed by atoms with Crippen LogP contribution in [0.3, 0.4) is 0 Å². The first-order chi connectivity index (χ1) is 19.5. The molecular formula is C32H35F2N3O4. The molecule has 0 saturated carbocycles. The van der Waals surface area contributed by atoms with Crippen molar-refractivity contribution in [2.75, 3.05) is 13.1 Å². The minimum atomic E-state index is -1.11. The summed E-state index contributed by atoms with van der Waals surface area (Å²) in [4.78, 5) is 40.0. The number of nitrogens with one attached hydrogen (secondary N) is 2. The summed E-state index contributed by atoms with van der Waals surface area (Å²) in [6.45, 7) is 6.71. The molecule has 0 radical (unpaired) electrons. The zero-order chi connectivity index (χ0) is 29.7. The van der Waals surface area contributed by atoms with E-state index in [-0.39, 0.29) is 47.7 Å². The second-order valence-corrected chi connectivity index (χ2v) is 10.8. The van der Waals surface area contributed by atoms with Gasteiger partial charge in [0.1, 0.15) is 11.6 Å². The van der Waals surface area contributed by atoms with Crippen LogP contribution < -0.4 is 10.6 Å². The molecular weight excluding hydrogens is 528 g/mol. The van der Waals surface area contributed by atoms with Crippen molar-refractivity contribution in [3.63, 3.8) is 0 Å². The maximum absolute atomic E-state index is 13.9. The maximum atomic E-state index is 13.9. The van der Waals surface area contributed by atoms with Gasteiger partial charge in [-0.2, -0.15) is 0 Å². The summed E-state index contributed by atoms with van der Waals surface area (Å²) in [6.07, 6.45) is -0.259. The van der Waals surface area contributed by atoms with Crippen LogP contribution in [0.25, 0.3) is 0 Å². The van der Waals surface area contributed by atoms with E-state index in [0.29, 0.717) is 6.54 Å². The predicted molar refractivity (Wildman–Crippen MR) is 151 cm³/mol. The van der Waals surface area contributed by atoms with Gasteiger partial charge >= 0.3 is 0 Å². The molecule has 3 aromatic carbocycles. The third-order valence-corrected chi connectivity index (χ3v) is 7.02. The van der Waals surface area contributed by atoms with Crippen LogP contribution in [0.5, 0.6) is 0 Å². The predicted octanol–water partition coefficient (Wildman–Crippen LogP) is 4.27. The van der Waals surface area contributed by atoms with Gasteiger partial charge in [0.25, 0.3) is 17.7 Å². The molecule has 0 unspecified atom stereocenters. The summed E-state index contributed by atoms with van der Waals surface area (Å²) in [7, 11) is 0. The quantitative estimate of drug-likeness (QED) is 0.286. The Balaban J connectivity index is 1.50. The van der Waals surface area contributed by atoms with Crippen molar-refractivity contribution in [2.24, 2.45) is 5.92 Å². The van der Waals surface area contributed by atoms with Crippen LogP contribution in [0.1, 0.15) is 68.5 Å². The van der Waals surface area contributed by atoms with Gasteiger partial charge in [0.15, 0.2) is 0 Å². The van der Waals surface area contributed by atoms with E-state index in [1.807, 2.05) is 32.0 Å². The summed E-state index contributed by atoms with van der Waals surface area (Å²) >= 11 is 0. The molecule has 3 amide bonds. The van der Waals surface area contributed by atoms with Gasteiger partial charge in [-0.15, -0.1) is 0 Å². The van der Waals surface area contributed by atoms with E-state index in [9.17, 15) is 28.3 Å². The van der Waals surface area contributed by atoms with Crippen LogP contribution in [0.15, 0.2) is 60.7 Å². The van der Waals surface area contributed by atoms with E-state index in [2.05, 4.69) is 23.6 Å². The molecule has 0 aromatic heterocycles. The Hall–Kier alpha value is -3.95. The number of hydrogen-bond acceptors (Lipinski definition) is 5. The Kier molecular flexibility index (Phi) is 9.62. The highest BCUT2D eigenvalue weighted by Gasteiger charge is 2.36. The Bertz CT molecular complexity index is 1420. The number of benzene rings is 3. The largest absolute Gasteiger partial charge is 0.390 e. The van der Waals surface area contributed by atoms with Crippen molar-refractivity contribution in [3.05, 3.63) is 106 Å². The van der Waals surface area contributed by atoms with E-state index in [1.54, 1.807) is 0 Å². The lowest BCUT2D eigenvalue weighted by Gasteiger charge is -2.25. The molecule has 4 rings (SSSR count). The number of halogens is 2. The molecule has 0 saturated heterocycles. The van der Waals surface area contributed by atoms with Crippen LogP contribution in [0.4, 0.5) is 8.78 Å². The monoisotopic (exact) mass is 563 g/mol. The van der Waals surface area contributed by atoms with E-state index in [1.165, 1.54) is 28.7 Å². The fraction of sp³-hybridized carbons (Fsp3) is 0.344. The smallest absolute Gasteiger partial charge is 0.261 e. The normalized spacial score (nSPS) is 14.4. The minimum Gasteiger partial charge on any atom is -0.390 e. The lowest BCUT2D eigenvalue weighted by atomic mass is 9.99. The van der Waals surface area contributed by atoms with Gasteiger partial charge in [0.05, 0.1) is 23.3 Å². The second-order valence-electron chi connectivity index (χ2n) is 10.8. The Morgan fingerprint density at radius 1 is 0.902 bits per heavy atom. The molecule has 41 heavy (non-hydrogen) atoms. The lowest BCUT2D eigenvalue weighted by Crippen LogP contribution is -2.48. The van der Waals surface area contributed by atoms with Crippen molar-refractivity contribution in [3.8, 4) is 0 Å². The summed E-state index contributed by atoms with van der Waals surface area (Å²) < 4.78 is 27.8. The number of fused-ring (bicyclic) bond motifs is 1. The van der Waals surface area contributed by atoms with E-state index in [0.717, 1.165) is 30.2 Å². The van der Waals surface area contributed by atoms with Crippen LogP contribution in [0, 0.1) is 17.6 Å². The fourth-order valence-corrected chi connectivity index (χ4v) is 4.95. The summed E-state index contributed by atoms with van der Waals surface area (Å²) in [5.41, 5.74) is 2.99. The molecule has 3 aromatic rings. The number of nitrogens with zero attached hydrogens (tertiary/aromatic N) is 1. The van der Waals surface area contributed by atoms with Crippen LogP contribution in [-0.2, 0) is 19.4 Å². The van der Waals surface area contributed by atoms with E-state index >= 15 is 0 Å². The number of aliphatic hydroxyl groups is 1. The molecule has 216 valence electrons. The van der Waals surface area contributed by atoms with Gasteiger partial charge in [-0.3, -0.25) is 19.3 Å². The number of imide groups is 1. The second kappa shape index (κ2) is 13.1. The standard InChI is InChI=1S/C32H35F2N3O4/c1-4-20-6-5-7-21(10-20)16-35-17-29(38)28(13-22-11-24(33)15-25(34)12-22)36-30(39)23-8-9-26-27(14-23)32(41)37(31(26)40)18-19(2)3/h5-12,14-15,19,28-29,35,38H,4,13,16-18H2,1-3H3,(H,36,39)/t28-,29+/m0/s1. The van der Waals surface area contributed by atoms with Crippen molar-refractivity contribution < 1.29 is 28.3 Å². The van der Waals surface area contributed by atoms with Gasteiger partial charge in [-0.05, 0) is 65.8 Å². The topological polar surface area (TPSA) is 98.7 Å². The molecule has 7 nitrogen and oxygen atoms in total. The van der Waals surface area contributed by atoms with Crippen molar-refractivity contribution in [1.82, 2.24) is 15.5 Å². The number of aryl methyl sites for hydroxylation is 1. The lowest BCUT2D eigenvalue weighted by molar-refractivity contribution is 0.0636. The summed E-state index contributed by atoms with van der Waals surface area (Å²) in [5.74, 6) is -2.90.